The summed E-state index contributed by atoms with van der Waals surface area (Å²) in [6.07, 6.45) is -8.46. The molecule has 3 heterocycles. The third-order valence-electron chi connectivity index (χ3n) is 10.5. The fourth-order valence-electron chi connectivity index (χ4n) is 7.32. The van der Waals surface area contributed by atoms with Crippen LogP contribution in [0.2, 0.25) is 0 Å². The monoisotopic (exact) mass is 792 g/mol. The molecule has 0 atom stereocenters. The number of carbonyl (C=O) groups excluding carboxylic acids is 1. The fourth-order valence-corrected chi connectivity index (χ4v) is 7.32. The number of benzene rings is 2. The van der Waals surface area contributed by atoms with E-state index >= 15 is 0 Å². The molecule has 6 rings (SSSR count). The maximum Gasteiger partial charge on any atom is 0.417 e. The van der Waals surface area contributed by atoms with Gasteiger partial charge in [0.1, 0.15) is 11.6 Å². The second-order valence-electron chi connectivity index (χ2n) is 14.2. The Morgan fingerprint density at radius 1 is 0.945 bits per heavy atom. The number of halogens is 9. The average molecular weight is 793 g/mol. The highest BCUT2D eigenvalue weighted by molar-refractivity contribution is 5.84. The number of amides is 1. The number of piperidine rings is 2. The lowest BCUT2D eigenvalue weighted by molar-refractivity contribution is -0.231. The first-order valence-electron chi connectivity index (χ1n) is 18.0. The van der Waals surface area contributed by atoms with Crippen LogP contribution in [0, 0.1) is 5.41 Å². The number of aryl methyl sites for hydroxylation is 3. The van der Waals surface area contributed by atoms with E-state index in [0.717, 1.165) is 18.4 Å². The van der Waals surface area contributed by atoms with Gasteiger partial charge in [-0.3, -0.25) is 24.2 Å². The number of rotatable bonds is 8. The van der Waals surface area contributed by atoms with Crippen LogP contribution in [0.4, 0.5) is 39.5 Å². The van der Waals surface area contributed by atoms with Crippen LogP contribution in [-0.4, -0.2) is 82.8 Å². The number of carboxylic acids is 1. The summed E-state index contributed by atoms with van der Waals surface area (Å²) >= 11 is 0. The van der Waals surface area contributed by atoms with Crippen molar-refractivity contribution in [3.8, 4) is 0 Å². The zero-order valence-electron chi connectivity index (χ0n) is 30.3. The minimum Gasteiger partial charge on any atom is -0.481 e. The van der Waals surface area contributed by atoms with Crippen LogP contribution in [0.5, 0.6) is 0 Å². The molecular weight excluding hydrogens is 747 g/mol. The van der Waals surface area contributed by atoms with Gasteiger partial charge in [0.25, 0.3) is 12.0 Å². The molecule has 2 fully saturated rings. The smallest absolute Gasteiger partial charge is 0.417 e. The molecule has 1 aromatic heterocycles. The predicted octanol–water partition coefficient (Wildman–Crippen LogP) is 7.07. The van der Waals surface area contributed by atoms with Gasteiger partial charge >= 0.3 is 18.3 Å². The second kappa shape index (κ2) is 18.2. The Labute approximate surface area is 312 Å². The Morgan fingerprint density at radius 2 is 1.60 bits per heavy atom. The van der Waals surface area contributed by atoms with Crippen molar-refractivity contribution in [2.45, 2.75) is 89.3 Å². The number of nitrogens with two attached hydrogens (primary N) is 1. The summed E-state index contributed by atoms with van der Waals surface area (Å²) in [5.41, 5.74) is 5.70. The molecule has 17 heteroatoms. The standard InChI is InChI=1S/C17H18F4N2O.C12H14O2.C9H13F5N2O/c1-22-15-3-2-11(10-23-6-4-12(18)5-7-23)8-13(15)14(9-16(22)24)17(19,20)21;13-12(14)8-7-10-4-1-3-9-5-2-6-11(9)10;10-6(11)5-16-3-1-8(2-4-16,7(15)17)9(12,13)14/h2-3,8-9,12H,4-7,10H2,1H3;1,3-4H,2,5-8H2,(H,13,14);6H,1-5H2,(H2,15,17). The van der Waals surface area contributed by atoms with E-state index in [1.807, 2.05) is 11.0 Å². The quantitative estimate of drug-likeness (QED) is 0.237. The normalized spacial score (nSPS) is 17.9. The number of pyridine rings is 1. The van der Waals surface area contributed by atoms with Gasteiger partial charge in [0.15, 0.2) is 0 Å². The number of likely N-dealkylation sites (tertiary alicyclic amines) is 2. The highest BCUT2D eigenvalue weighted by atomic mass is 19.4. The number of carboxylic acid groups (broad SMARTS) is 1. The van der Waals surface area contributed by atoms with E-state index in [9.17, 15) is 53.9 Å². The molecule has 3 N–H and O–H groups in total. The van der Waals surface area contributed by atoms with Gasteiger partial charge in [-0.15, -0.1) is 0 Å². The lowest BCUT2D eigenvalue weighted by Crippen LogP contribution is -2.55. The van der Waals surface area contributed by atoms with Crippen molar-refractivity contribution in [2.24, 2.45) is 18.2 Å². The molecule has 55 heavy (non-hydrogen) atoms. The van der Waals surface area contributed by atoms with Gasteiger partial charge in [0, 0.05) is 44.6 Å². The van der Waals surface area contributed by atoms with E-state index in [1.54, 1.807) is 12.1 Å². The summed E-state index contributed by atoms with van der Waals surface area (Å²) in [5.74, 6) is -2.14. The van der Waals surface area contributed by atoms with Crippen LogP contribution < -0.4 is 11.3 Å². The minimum atomic E-state index is -4.73. The Balaban J connectivity index is 0.000000192. The molecule has 304 valence electrons. The Bertz CT molecular complexity index is 1850. The fraction of sp³-hybridized carbons (Fsp3) is 0.553. The second-order valence-corrected chi connectivity index (χ2v) is 14.2. The zero-order chi connectivity index (χ0) is 40.7. The first-order valence-corrected chi connectivity index (χ1v) is 18.0. The van der Waals surface area contributed by atoms with Crippen molar-refractivity contribution in [3.63, 3.8) is 0 Å². The SMILES string of the molecule is Cn1c(=O)cc(C(F)(F)F)c2cc(CN3CCC(F)CC3)ccc21.NC(=O)C1(C(F)(F)F)CCN(CC(F)F)CC1.O=C(O)CCc1cccc2c1CCC2. The molecule has 0 saturated carbocycles. The lowest BCUT2D eigenvalue weighted by atomic mass is 9.77. The van der Waals surface area contributed by atoms with E-state index in [0.29, 0.717) is 45.0 Å². The van der Waals surface area contributed by atoms with Crippen LogP contribution >= 0.6 is 0 Å². The largest absolute Gasteiger partial charge is 0.481 e. The van der Waals surface area contributed by atoms with E-state index in [4.69, 9.17) is 10.8 Å². The Morgan fingerprint density at radius 3 is 2.16 bits per heavy atom. The van der Waals surface area contributed by atoms with Crippen molar-refractivity contribution in [3.05, 3.63) is 80.6 Å². The number of aromatic nitrogens is 1. The molecule has 2 saturated heterocycles. The van der Waals surface area contributed by atoms with Gasteiger partial charge in [0.05, 0.1) is 17.6 Å². The average Bonchev–Trinajstić information content (AvgIpc) is 3.59. The van der Waals surface area contributed by atoms with Crippen LogP contribution in [0.1, 0.15) is 66.3 Å². The summed E-state index contributed by atoms with van der Waals surface area (Å²) in [6.45, 7) is 0.687. The van der Waals surface area contributed by atoms with E-state index < -0.39 is 72.8 Å². The molecule has 2 aliphatic heterocycles. The molecule has 3 aromatic rings. The van der Waals surface area contributed by atoms with Gasteiger partial charge in [-0.05, 0) is 98.8 Å². The van der Waals surface area contributed by atoms with Crippen molar-refractivity contribution in [1.82, 2.24) is 14.4 Å². The summed E-state index contributed by atoms with van der Waals surface area (Å²) in [5, 5.41) is 8.64. The predicted molar refractivity (Wildman–Crippen MR) is 187 cm³/mol. The topological polar surface area (TPSA) is 109 Å². The minimum absolute atomic E-state index is 0.0162. The van der Waals surface area contributed by atoms with E-state index in [-0.39, 0.29) is 30.4 Å². The zero-order valence-corrected chi connectivity index (χ0v) is 30.3. The molecule has 0 spiro atoms. The Kier molecular flexibility index (Phi) is 14.4. The maximum absolute atomic E-state index is 13.3. The van der Waals surface area contributed by atoms with Crippen molar-refractivity contribution in [1.29, 1.82) is 0 Å². The van der Waals surface area contributed by atoms with E-state index in [2.05, 4.69) is 12.1 Å². The molecule has 2 aromatic carbocycles. The summed E-state index contributed by atoms with van der Waals surface area (Å²) < 4.78 is 117. The van der Waals surface area contributed by atoms with Gasteiger partial charge < -0.3 is 15.4 Å². The first kappa shape index (κ1) is 43.6. The highest BCUT2D eigenvalue weighted by Gasteiger charge is 2.60. The van der Waals surface area contributed by atoms with Crippen molar-refractivity contribution < 1.29 is 54.2 Å². The summed E-state index contributed by atoms with van der Waals surface area (Å²) in [6, 6.07) is 11.7. The number of aliphatic carboxylic acids is 1. The molecule has 0 bridgehead atoms. The molecule has 8 nitrogen and oxygen atoms in total. The van der Waals surface area contributed by atoms with Crippen LogP contribution in [-0.2, 0) is 48.6 Å². The molecular formula is C38H45F9N4O4. The first-order chi connectivity index (χ1) is 25.7. The van der Waals surface area contributed by atoms with Crippen molar-refractivity contribution in [2.75, 3.05) is 32.7 Å². The van der Waals surface area contributed by atoms with Gasteiger partial charge in [-0.1, -0.05) is 24.3 Å². The van der Waals surface area contributed by atoms with Gasteiger partial charge in [-0.2, -0.15) is 26.3 Å². The molecule has 1 aliphatic carbocycles. The Hall–Kier alpha value is -4.12. The number of hydrogen-bond acceptors (Lipinski definition) is 5. The third kappa shape index (κ3) is 11.2. The third-order valence-corrected chi connectivity index (χ3v) is 10.5. The van der Waals surface area contributed by atoms with Crippen LogP contribution in [0.25, 0.3) is 10.9 Å². The van der Waals surface area contributed by atoms with Crippen molar-refractivity contribution >= 4 is 22.8 Å². The number of alkyl halides is 9. The maximum atomic E-state index is 13.3. The molecule has 0 radical (unpaired) electrons. The highest BCUT2D eigenvalue weighted by Crippen LogP contribution is 2.46. The number of hydrogen-bond donors (Lipinski definition) is 2. The number of fused-ring (bicyclic) bond motifs is 2. The number of carbonyl (C=O) groups is 2. The van der Waals surface area contributed by atoms with Crippen LogP contribution in [0.15, 0.2) is 47.3 Å². The van der Waals surface area contributed by atoms with Gasteiger partial charge in [0.2, 0.25) is 5.91 Å². The molecule has 3 aliphatic rings. The van der Waals surface area contributed by atoms with E-state index in [1.165, 1.54) is 45.7 Å². The van der Waals surface area contributed by atoms with Gasteiger partial charge in [-0.25, -0.2) is 13.2 Å². The summed E-state index contributed by atoms with van der Waals surface area (Å²) in [4.78, 5) is 36.5. The summed E-state index contributed by atoms with van der Waals surface area (Å²) in [7, 11) is 1.45. The molecule has 0 unspecified atom stereocenters. The van der Waals surface area contributed by atoms with Crippen LogP contribution in [0.3, 0.4) is 0 Å². The number of nitrogens with zero attached hydrogens (tertiary/aromatic N) is 3. The lowest BCUT2D eigenvalue weighted by Gasteiger charge is -2.40. The number of primary amides is 1. The molecule has 1 amide bonds.